The fourth-order valence-corrected chi connectivity index (χ4v) is 5.26. The molecule has 8 heteroatoms. The number of fused-ring (bicyclic) bond motifs is 2. The van der Waals surface area contributed by atoms with Crippen molar-refractivity contribution in [2.24, 2.45) is 5.92 Å². The number of benzene rings is 2. The van der Waals surface area contributed by atoms with Gasteiger partial charge in [-0.25, -0.2) is 0 Å². The number of H-pyrrole nitrogens is 1. The fraction of sp³-hybridized carbons (Fsp3) is 0.269. The highest BCUT2D eigenvalue weighted by molar-refractivity contribution is 7.85. The Balaban J connectivity index is 0.000000186. The maximum Gasteiger partial charge on any atom is 0.294 e. The maximum absolute atomic E-state index is 10.5. The Morgan fingerprint density at radius 2 is 1.79 bits per heavy atom. The Morgan fingerprint density at radius 1 is 1.00 bits per heavy atom. The quantitative estimate of drug-likeness (QED) is 0.431. The van der Waals surface area contributed by atoms with Crippen LogP contribution in [-0.2, 0) is 10.1 Å². The van der Waals surface area contributed by atoms with Crippen LogP contribution in [0, 0.1) is 12.8 Å². The van der Waals surface area contributed by atoms with Crippen LogP contribution in [0.15, 0.2) is 78.0 Å². The molecule has 2 aliphatic rings. The zero-order chi connectivity index (χ0) is 23.9. The number of aromatic nitrogens is 2. The predicted octanol–water partition coefficient (Wildman–Crippen LogP) is 4.22. The summed E-state index contributed by atoms with van der Waals surface area (Å²) in [5.74, 6) is 0.843. The van der Waals surface area contributed by atoms with Gasteiger partial charge < -0.3 is 14.8 Å². The lowest BCUT2D eigenvalue weighted by Crippen LogP contribution is -2.52. The van der Waals surface area contributed by atoms with Gasteiger partial charge in [0.15, 0.2) is 0 Å². The van der Waals surface area contributed by atoms with Gasteiger partial charge >= 0.3 is 0 Å². The van der Waals surface area contributed by atoms with Gasteiger partial charge in [0.05, 0.1) is 22.5 Å². The van der Waals surface area contributed by atoms with Crippen LogP contribution >= 0.6 is 0 Å². The zero-order valence-corrected chi connectivity index (χ0v) is 20.0. The molecule has 0 saturated carbocycles. The van der Waals surface area contributed by atoms with Gasteiger partial charge in [-0.05, 0) is 56.4 Å². The molecule has 2 atom stereocenters. The summed E-state index contributed by atoms with van der Waals surface area (Å²) in [7, 11) is -1.79. The van der Waals surface area contributed by atoms with Crippen LogP contribution in [0.3, 0.4) is 0 Å². The van der Waals surface area contributed by atoms with E-state index in [9.17, 15) is 8.42 Å². The number of aryl methyl sites for hydroxylation is 1. The topological polar surface area (TPSA) is 89.5 Å². The van der Waals surface area contributed by atoms with Crippen molar-refractivity contribution in [3.8, 4) is 11.3 Å². The van der Waals surface area contributed by atoms with Gasteiger partial charge in [0, 0.05) is 54.3 Å². The molecule has 0 aliphatic carbocycles. The molecular weight excluding hydrogens is 448 g/mol. The molecule has 0 unspecified atom stereocenters. The van der Waals surface area contributed by atoms with E-state index in [0.717, 1.165) is 29.8 Å². The first-order valence-electron chi connectivity index (χ1n) is 11.3. The van der Waals surface area contributed by atoms with Crippen molar-refractivity contribution in [3.05, 3.63) is 78.6 Å². The Bertz CT molecular complexity index is 1400. The lowest BCUT2D eigenvalue weighted by atomic mass is 9.93. The minimum absolute atomic E-state index is 0.0666. The first-order chi connectivity index (χ1) is 16.3. The third kappa shape index (κ3) is 4.57. The van der Waals surface area contributed by atoms with Crippen LogP contribution in [-0.4, -0.2) is 60.6 Å². The lowest BCUT2D eigenvalue weighted by Gasteiger charge is -2.40. The van der Waals surface area contributed by atoms with Crippen molar-refractivity contribution in [1.29, 1.82) is 0 Å². The summed E-state index contributed by atoms with van der Waals surface area (Å²) in [5.41, 5.74) is 5.58. The Kier molecular flexibility index (Phi) is 5.89. The van der Waals surface area contributed by atoms with E-state index in [4.69, 9.17) is 9.54 Å². The third-order valence-corrected chi connectivity index (χ3v) is 7.64. The van der Waals surface area contributed by atoms with Gasteiger partial charge in [-0.15, -0.1) is 0 Å². The Labute approximate surface area is 199 Å². The van der Waals surface area contributed by atoms with Gasteiger partial charge in [-0.3, -0.25) is 9.54 Å². The number of pyridine rings is 1. The molecular formula is C26H28N4O3S. The van der Waals surface area contributed by atoms with Crippen LogP contribution in [0.4, 0.5) is 5.69 Å². The molecule has 0 amide bonds. The van der Waals surface area contributed by atoms with E-state index in [1.807, 2.05) is 19.3 Å². The molecule has 0 radical (unpaired) electrons. The molecule has 2 saturated heterocycles. The molecule has 2 aliphatic heterocycles. The number of hydrogen-bond acceptors (Lipinski definition) is 5. The van der Waals surface area contributed by atoms with E-state index >= 15 is 0 Å². The summed E-state index contributed by atoms with van der Waals surface area (Å²) in [6.45, 7) is 5.39. The number of nitrogens with zero attached hydrogens (tertiary/aromatic N) is 3. The zero-order valence-electron chi connectivity index (χ0n) is 19.2. The van der Waals surface area contributed by atoms with Crippen molar-refractivity contribution in [2.75, 3.05) is 31.6 Å². The number of likely N-dealkylation sites (tertiary alicyclic amines) is 1. The minimum Gasteiger partial charge on any atom is -0.368 e. The first kappa shape index (κ1) is 22.6. The second kappa shape index (κ2) is 8.87. The van der Waals surface area contributed by atoms with Crippen molar-refractivity contribution >= 4 is 26.7 Å². The predicted molar refractivity (Wildman–Crippen MR) is 135 cm³/mol. The number of aromatic amines is 1. The summed E-state index contributed by atoms with van der Waals surface area (Å²) >= 11 is 0. The number of anilines is 1. The summed E-state index contributed by atoms with van der Waals surface area (Å²) < 4.78 is 29.6. The van der Waals surface area contributed by atoms with Gasteiger partial charge in [-0.1, -0.05) is 23.8 Å². The highest BCUT2D eigenvalue weighted by Gasteiger charge is 2.43. The highest BCUT2D eigenvalue weighted by atomic mass is 32.2. The summed E-state index contributed by atoms with van der Waals surface area (Å²) in [4.78, 5) is 12.8. The fourth-order valence-electron chi connectivity index (χ4n) is 4.78. The van der Waals surface area contributed by atoms with E-state index in [1.165, 1.54) is 47.4 Å². The van der Waals surface area contributed by atoms with Gasteiger partial charge in [0.2, 0.25) is 0 Å². The summed E-state index contributed by atoms with van der Waals surface area (Å²) in [6.07, 6.45) is 4.01. The lowest BCUT2D eigenvalue weighted by molar-refractivity contribution is 0.0827. The molecule has 2 aromatic heterocycles. The van der Waals surface area contributed by atoms with E-state index in [-0.39, 0.29) is 4.90 Å². The molecule has 4 aromatic rings. The molecule has 4 heterocycles. The van der Waals surface area contributed by atoms with E-state index < -0.39 is 10.1 Å². The molecule has 2 fully saturated rings. The molecule has 34 heavy (non-hydrogen) atoms. The second-order valence-corrected chi connectivity index (χ2v) is 10.6. The van der Waals surface area contributed by atoms with Gasteiger partial charge in [0.25, 0.3) is 10.1 Å². The third-order valence-electron chi connectivity index (χ3n) is 6.78. The van der Waals surface area contributed by atoms with E-state index in [0.29, 0.717) is 0 Å². The van der Waals surface area contributed by atoms with Crippen LogP contribution in [0.2, 0.25) is 0 Å². The van der Waals surface area contributed by atoms with Crippen molar-refractivity contribution < 1.29 is 13.0 Å². The van der Waals surface area contributed by atoms with Crippen LogP contribution in [0.5, 0.6) is 0 Å². The standard InChI is InChI=1S/C19H20N4.C7H8O3S/c1-22-10-15-11-23(12-19(15)22)16-3-5-18(21-9-16)13-2-4-17-14(8-13)6-7-20-17;1-6-2-4-7(5-3-6)11(8,9)10/h2-9,15,19-20H,10-12H2,1H3;2-5H,1H3,(H,8,9,10)/t15-,19+;/m0./s1. The first-order valence-corrected chi connectivity index (χ1v) is 12.7. The Morgan fingerprint density at radius 3 is 2.44 bits per heavy atom. The second-order valence-electron chi connectivity index (χ2n) is 9.14. The SMILES string of the molecule is CN1C[C@H]2CN(c3ccc(-c4ccc5[nH]ccc5c4)nc3)C[C@H]21.Cc1ccc(S(=O)(=O)O)cc1. The van der Waals surface area contributed by atoms with Gasteiger partial charge in [-0.2, -0.15) is 8.42 Å². The largest absolute Gasteiger partial charge is 0.368 e. The molecule has 7 nitrogen and oxygen atoms in total. The smallest absolute Gasteiger partial charge is 0.294 e. The average molecular weight is 477 g/mol. The van der Waals surface area contributed by atoms with E-state index in [1.54, 1.807) is 12.1 Å². The molecule has 176 valence electrons. The normalized spacial score (nSPS) is 19.9. The van der Waals surface area contributed by atoms with Gasteiger partial charge in [0.1, 0.15) is 0 Å². The van der Waals surface area contributed by atoms with E-state index in [2.05, 4.69) is 58.2 Å². The minimum atomic E-state index is -4.02. The van der Waals surface area contributed by atoms with Crippen LogP contribution in [0.25, 0.3) is 22.2 Å². The molecule has 2 N–H and O–H groups in total. The molecule has 0 bridgehead atoms. The van der Waals surface area contributed by atoms with Crippen molar-refractivity contribution in [1.82, 2.24) is 14.9 Å². The number of likely N-dealkylation sites (N-methyl/N-ethyl adjacent to an activating group) is 1. The number of nitrogens with one attached hydrogen (secondary N) is 1. The molecule has 2 aromatic carbocycles. The number of hydrogen-bond donors (Lipinski definition) is 2. The highest BCUT2D eigenvalue weighted by Crippen LogP contribution is 2.34. The monoisotopic (exact) mass is 476 g/mol. The molecule has 6 rings (SSSR count). The average Bonchev–Trinajstić information content (AvgIpc) is 3.43. The van der Waals surface area contributed by atoms with Crippen molar-refractivity contribution in [3.63, 3.8) is 0 Å². The maximum atomic E-state index is 10.5. The summed E-state index contributed by atoms with van der Waals surface area (Å²) in [5, 5.41) is 1.23. The van der Waals surface area contributed by atoms with Crippen LogP contribution in [0.1, 0.15) is 5.56 Å². The van der Waals surface area contributed by atoms with Crippen molar-refractivity contribution in [2.45, 2.75) is 17.9 Å². The Hall–Kier alpha value is -3.20. The number of rotatable bonds is 3. The summed E-state index contributed by atoms with van der Waals surface area (Å²) in [6, 6.07) is 19.6. The molecule has 0 spiro atoms. The van der Waals surface area contributed by atoms with Crippen LogP contribution < -0.4 is 4.90 Å².